The average Bonchev–Trinajstić information content (AvgIpc) is 2.70. The predicted molar refractivity (Wildman–Crippen MR) is 107 cm³/mol. The lowest BCUT2D eigenvalue weighted by molar-refractivity contribution is -0.114. The van der Waals surface area contributed by atoms with Crippen LogP contribution >= 0.6 is 0 Å². The molecule has 4 rings (SSSR count). The number of amides is 1. The Balaban J connectivity index is 1.75. The molecule has 1 atom stereocenters. The molecule has 0 spiro atoms. The van der Waals surface area contributed by atoms with Crippen molar-refractivity contribution in [1.82, 2.24) is 4.90 Å². The van der Waals surface area contributed by atoms with Gasteiger partial charge in [-0.2, -0.15) is 0 Å². The summed E-state index contributed by atoms with van der Waals surface area (Å²) in [7, 11) is 5.00. The topological polar surface area (TPSA) is 60.0 Å². The molecule has 0 aliphatic carbocycles. The summed E-state index contributed by atoms with van der Waals surface area (Å²) in [5.41, 5.74) is 5.77. The number of methoxy groups -OCH3 is 3. The summed E-state index contributed by atoms with van der Waals surface area (Å²) in [4.78, 5) is 14.1. The highest BCUT2D eigenvalue weighted by Crippen LogP contribution is 2.45. The Morgan fingerprint density at radius 1 is 1.07 bits per heavy atom. The number of fused-ring (bicyclic) bond motifs is 4. The highest BCUT2D eigenvalue weighted by molar-refractivity contribution is 5.90. The molecule has 148 valence electrons. The van der Waals surface area contributed by atoms with Gasteiger partial charge in [0.1, 0.15) is 5.75 Å². The second kappa shape index (κ2) is 7.36. The highest BCUT2D eigenvalue weighted by Gasteiger charge is 2.34. The highest BCUT2D eigenvalue weighted by atomic mass is 16.5. The Kier molecular flexibility index (Phi) is 4.89. The van der Waals surface area contributed by atoms with Gasteiger partial charge in [-0.1, -0.05) is 6.07 Å². The Morgan fingerprint density at radius 2 is 1.86 bits per heavy atom. The van der Waals surface area contributed by atoms with Crippen LogP contribution in [0.15, 0.2) is 24.3 Å². The van der Waals surface area contributed by atoms with Crippen molar-refractivity contribution >= 4 is 11.6 Å². The molecular formula is C22H26N2O4. The average molecular weight is 382 g/mol. The number of anilines is 1. The first-order valence-corrected chi connectivity index (χ1v) is 9.50. The molecule has 6 heteroatoms. The molecule has 1 unspecified atom stereocenters. The SMILES string of the molecule is COc1cc2c(cc1NC(C)=O)C1Cc3ccc(OC)c(OC)c3CN1CC2. The van der Waals surface area contributed by atoms with Crippen LogP contribution in [0.4, 0.5) is 5.69 Å². The first-order chi connectivity index (χ1) is 13.5. The summed E-state index contributed by atoms with van der Waals surface area (Å²) in [5.74, 6) is 2.22. The lowest BCUT2D eigenvalue weighted by Crippen LogP contribution is -2.39. The molecule has 2 aromatic carbocycles. The van der Waals surface area contributed by atoms with Gasteiger partial charge in [0.25, 0.3) is 0 Å². The molecule has 6 nitrogen and oxygen atoms in total. The fourth-order valence-corrected chi connectivity index (χ4v) is 4.47. The van der Waals surface area contributed by atoms with Gasteiger partial charge < -0.3 is 19.5 Å². The second-order valence-corrected chi connectivity index (χ2v) is 7.31. The Bertz CT molecular complexity index is 925. The third-order valence-electron chi connectivity index (χ3n) is 5.76. The second-order valence-electron chi connectivity index (χ2n) is 7.31. The first-order valence-electron chi connectivity index (χ1n) is 9.50. The largest absolute Gasteiger partial charge is 0.495 e. The van der Waals surface area contributed by atoms with E-state index in [4.69, 9.17) is 14.2 Å². The van der Waals surface area contributed by atoms with Crippen molar-refractivity contribution in [3.63, 3.8) is 0 Å². The van der Waals surface area contributed by atoms with Crippen LogP contribution in [0.1, 0.15) is 35.2 Å². The lowest BCUT2D eigenvalue weighted by atomic mass is 9.83. The van der Waals surface area contributed by atoms with Gasteiger partial charge in [-0.05, 0) is 47.7 Å². The van der Waals surface area contributed by atoms with Crippen molar-refractivity contribution in [3.05, 3.63) is 46.5 Å². The Hall–Kier alpha value is -2.73. The number of nitrogens with one attached hydrogen (secondary N) is 1. The molecule has 1 N–H and O–H groups in total. The summed E-state index contributed by atoms with van der Waals surface area (Å²) in [6, 6.07) is 8.54. The minimum absolute atomic E-state index is 0.100. The predicted octanol–water partition coefficient (Wildman–Crippen LogP) is 3.33. The van der Waals surface area contributed by atoms with Crippen LogP contribution in [0.5, 0.6) is 17.2 Å². The fourth-order valence-electron chi connectivity index (χ4n) is 4.47. The molecule has 0 saturated carbocycles. The number of rotatable bonds is 4. The summed E-state index contributed by atoms with van der Waals surface area (Å²) in [6.45, 7) is 3.31. The van der Waals surface area contributed by atoms with Crippen molar-refractivity contribution < 1.29 is 19.0 Å². The molecule has 0 saturated heterocycles. The molecule has 0 aromatic heterocycles. The quantitative estimate of drug-likeness (QED) is 0.879. The van der Waals surface area contributed by atoms with Crippen LogP contribution < -0.4 is 19.5 Å². The molecule has 2 heterocycles. The van der Waals surface area contributed by atoms with Gasteiger partial charge in [0.15, 0.2) is 11.5 Å². The number of carbonyl (C=O) groups excluding carboxylic acids is 1. The molecule has 0 bridgehead atoms. The van der Waals surface area contributed by atoms with Gasteiger partial charge in [-0.25, -0.2) is 0 Å². The van der Waals surface area contributed by atoms with Crippen LogP contribution in [0.2, 0.25) is 0 Å². The van der Waals surface area contributed by atoms with Crippen LogP contribution in [0.3, 0.4) is 0 Å². The van der Waals surface area contributed by atoms with E-state index in [2.05, 4.69) is 28.4 Å². The maximum atomic E-state index is 11.6. The van der Waals surface area contributed by atoms with Crippen LogP contribution in [0, 0.1) is 0 Å². The zero-order valence-electron chi connectivity index (χ0n) is 16.8. The van der Waals surface area contributed by atoms with E-state index in [-0.39, 0.29) is 11.9 Å². The van der Waals surface area contributed by atoms with E-state index in [1.807, 2.05) is 6.07 Å². The first kappa shape index (κ1) is 18.6. The number of carbonyl (C=O) groups is 1. The van der Waals surface area contributed by atoms with E-state index in [0.29, 0.717) is 5.75 Å². The summed E-state index contributed by atoms with van der Waals surface area (Å²) >= 11 is 0. The summed E-state index contributed by atoms with van der Waals surface area (Å²) in [6.07, 6.45) is 1.85. The van der Waals surface area contributed by atoms with Crippen LogP contribution in [-0.4, -0.2) is 38.7 Å². The number of nitrogens with zero attached hydrogens (tertiary/aromatic N) is 1. The van der Waals surface area contributed by atoms with Crippen LogP contribution in [-0.2, 0) is 24.2 Å². The van der Waals surface area contributed by atoms with Crippen molar-refractivity contribution in [3.8, 4) is 17.2 Å². The number of benzene rings is 2. The van der Waals surface area contributed by atoms with Gasteiger partial charge in [0, 0.05) is 31.6 Å². The zero-order valence-corrected chi connectivity index (χ0v) is 16.8. The van der Waals surface area contributed by atoms with E-state index in [9.17, 15) is 4.79 Å². The Morgan fingerprint density at radius 3 is 2.54 bits per heavy atom. The number of hydrogen-bond donors (Lipinski definition) is 1. The summed E-state index contributed by atoms with van der Waals surface area (Å²) < 4.78 is 16.6. The number of hydrogen-bond acceptors (Lipinski definition) is 5. The molecule has 0 fully saturated rings. The van der Waals surface area contributed by atoms with E-state index >= 15 is 0 Å². The molecule has 28 heavy (non-hydrogen) atoms. The van der Waals surface area contributed by atoms with E-state index in [1.165, 1.54) is 29.2 Å². The fraction of sp³-hybridized carbons (Fsp3) is 0.409. The minimum Gasteiger partial charge on any atom is -0.495 e. The van der Waals surface area contributed by atoms with Crippen molar-refractivity contribution in [2.75, 3.05) is 33.2 Å². The van der Waals surface area contributed by atoms with Gasteiger partial charge in [0.2, 0.25) is 5.91 Å². The number of ether oxygens (including phenoxy) is 3. The van der Waals surface area contributed by atoms with Crippen LogP contribution in [0.25, 0.3) is 0 Å². The molecule has 1 amide bonds. The van der Waals surface area contributed by atoms with Gasteiger partial charge in [-0.3, -0.25) is 9.69 Å². The third kappa shape index (κ3) is 3.07. The lowest BCUT2D eigenvalue weighted by Gasteiger charge is -2.42. The van der Waals surface area contributed by atoms with E-state index in [1.54, 1.807) is 21.3 Å². The van der Waals surface area contributed by atoms with E-state index < -0.39 is 0 Å². The molecule has 2 aliphatic rings. The van der Waals surface area contributed by atoms with Crippen molar-refractivity contribution in [2.24, 2.45) is 0 Å². The normalized spacial score (nSPS) is 17.8. The van der Waals surface area contributed by atoms with Gasteiger partial charge >= 0.3 is 0 Å². The van der Waals surface area contributed by atoms with Crippen molar-refractivity contribution in [2.45, 2.75) is 32.4 Å². The minimum atomic E-state index is -0.100. The maximum Gasteiger partial charge on any atom is 0.221 e. The standard InChI is InChI=1S/C22H26N2O4/c1-13(25)23-18-11-16-15(10-21(18)27-3)7-8-24-12-17-14(9-19(16)24)5-6-20(26-2)22(17)28-4/h5-6,10-11,19H,7-9,12H2,1-4H3,(H,23,25). The van der Waals surface area contributed by atoms with Gasteiger partial charge in [-0.15, -0.1) is 0 Å². The molecule has 2 aliphatic heterocycles. The monoisotopic (exact) mass is 382 g/mol. The van der Waals surface area contributed by atoms with E-state index in [0.717, 1.165) is 43.1 Å². The maximum absolute atomic E-state index is 11.6. The zero-order chi connectivity index (χ0) is 19.8. The molecule has 0 radical (unpaired) electrons. The van der Waals surface area contributed by atoms with Crippen molar-refractivity contribution in [1.29, 1.82) is 0 Å². The Labute approximate surface area is 165 Å². The molecular weight excluding hydrogens is 356 g/mol. The third-order valence-corrected chi connectivity index (χ3v) is 5.76. The van der Waals surface area contributed by atoms with Gasteiger partial charge in [0.05, 0.1) is 27.0 Å². The smallest absolute Gasteiger partial charge is 0.221 e. The molecule has 2 aromatic rings. The summed E-state index contributed by atoms with van der Waals surface area (Å²) in [5, 5.41) is 2.90.